The van der Waals surface area contributed by atoms with Gasteiger partial charge in [-0.1, -0.05) is 0 Å². The van der Waals surface area contributed by atoms with Crippen LogP contribution in [-0.4, -0.2) is 51.8 Å². The molecule has 0 fully saturated rings. The molecule has 124 valence electrons. The first-order chi connectivity index (χ1) is 8.89. The monoisotopic (exact) mass is 340 g/mol. The van der Waals surface area contributed by atoms with Gasteiger partial charge in [-0.25, -0.2) is 14.0 Å². The normalized spacial score (nSPS) is 17.2. The van der Waals surface area contributed by atoms with E-state index in [0.29, 0.717) is 0 Å². The maximum absolute atomic E-state index is 13.2. The zero-order chi connectivity index (χ0) is 17.7. The lowest BCUT2D eigenvalue weighted by atomic mass is 9.85. The predicted molar refractivity (Wildman–Crippen MR) is 40.0 cm³/mol. The number of hydrogen-bond donors (Lipinski definition) is 2. The van der Waals surface area contributed by atoms with Crippen molar-refractivity contribution < 1.29 is 63.7 Å². The quantitative estimate of drug-likeness (QED) is 0.754. The van der Waals surface area contributed by atoms with Gasteiger partial charge in [0.1, 0.15) is 0 Å². The van der Waals surface area contributed by atoms with E-state index in [1.807, 2.05) is 0 Å². The van der Waals surface area contributed by atoms with Gasteiger partial charge in [-0.05, 0) is 0 Å². The standard InChI is InChI=1S/C7H2F10O4/c8-3(9,1(18)19)5(12,7(15,16)17)6(13,14)4(10,11)2(20)21/h(H,18,19)(H,20,21). The molecule has 14 heteroatoms. The van der Waals surface area contributed by atoms with Crippen molar-refractivity contribution in [3.63, 3.8) is 0 Å². The maximum Gasteiger partial charge on any atom is 0.435 e. The molecule has 2 N–H and O–H groups in total. The third-order valence-electron chi connectivity index (χ3n) is 2.19. The summed E-state index contributed by atoms with van der Waals surface area (Å²) in [5.41, 5.74) is -7.68. The first-order valence-electron chi connectivity index (χ1n) is 4.25. The van der Waals surface area contributed by atoms with Gasteiger partial charge in [0.05, 0.1) is 0 Å². The Morgan fingerprint density at radius 3 is 1.10 bits per heavy atom. The van der Waals surface area contributed by atoms with E-state index in [1.165, 1.54) is 0 Å². The van der Waals surface area contributed by atoms with Gasteiger partial charge in [0.25, 0.3) is 0 Å². The van der Waals surface area contributed by atoms with Gasteiger partial charge in [-0.3, -0.25) is 0 Å². The van der Waals surface area contributed by atoms with Gasteiger partial charge in [-0.15, -0.1) is 0 Å². The number of aliphatic carboxylic acids is 2. The highest BCUT2D eigenvalue weighted by molar-refractivity contribution is 5.80. The van der Waals surface area contributed by atoms with Crippen LogP contribution in [0.2, 0.25) is 0 Å². The summed E-state index contributed by atoms with van der Waals surface area (Å²) in [6.07, 6.45) is -7.54. The highest BCUT2D eigenvalue weighted by Crippen LogP contribution is 2.58. The summed E-state index contributed by atoms with van der Waals surface area (Å²) in [5, 5.41) is 15.3. The van der Waals surface area contributed by atoms with Gasteiger partial charge in [0.2, 0.25) is 0 Å². The minimum Gasteiger partial charge on any atom is -0.477 e. The fourth-order valence-electron chi connectivity index (χ4n) is 1.05. The summed E-state index contributed by atoms with van der Waals surface area (Å²) in [6.45, 7) is 0. The molecule has 0 heterocycles. The second-order valence-electron chi connectivity index (χ2n) is 3.49. The van der Waals surface area contributed by atoms with E-state index in [-0.39, 0.29) is 0 Å². The van der Waals surface area contributed by atoms with Crippen LogP contribution in [0.3, 0.4) is 0 Å². The summed E-state index contributed by atoms with van der Waals surface area (Å²) in [6, 6.07) is 0. The van der Waals surface area contributed by atoms with Crippen LogP contribution in [-0.2, 0) is 9.59 Å². The molecular weight excluding hydrogens is 338 g/mol. The van der Waals surface area contributed by atoms with Crippen molar-refractivity contribution in [1.82, 2.24) is 0 Å². The molecule has 0 rings (SSSR count). The fraction of sp³-hybridized carbons (Fsp3) is 0.714. The Bertz CT molecular complexity index is 455. The molecule has 4 nitrogen and oxygen atoms in total. The molecule has 0 amide bonds. The maximum atomic E-state index is 13.2. The summed E-state index contributed by atoms with van der Waals surface area (Å²) in [4.78, 5) is 19.6. The Hall–Kier alpha value is -1.76. The zero-order valence-corrected chi connectivity index (χ0v) is 8.99. The minimum atomic E-state index is -7.68. The smallest absolute Gasteiger partial charge is 0.435 e. The molecule has 0 spiro atoms. The van der Waals surface area contributed by atoms with Crippen LogP contribution in [0.25, 0.3) is 0 Å². The molecule has 1 unspecified atom stereocenters. The van der Waals surface area contributed by atoms with Gasteiger partial charge in [-0.2, -0.15) is 39.5 Å². The lowest BCUT2D eigenvalue weighted by Gasteiger charge is -2.39. The van der Waals surface area contributed by atoms with Crippen LogP contribution in [0.1, 0.15) is 0 Å². The second kappa shape index (κ2) is 4.62. The third kappa shape index (κ3) is 2.25. The summed E-state index contributed by atoms with van der Waals surface area (Å²) in [5.74, 6) is -29.9. The van der Waals surface area contributed by atoms with E-state index in [0.717, 1.165) is 0 Å². The van der Waals surface area contributed by atoms with Crippen molar-refractivity contribution in [2.75, 3.05) is 0 Å². The molecule has 0 aliphatic carbocycles. The van der Waals surface area contributed by atoms with Crippen molar-refractivity contribution in [2.24, 2.45) is 0 Å². The van der Waals surface area contributed by atoms with E-state index >= 15 is 0 Å². The number of carbonyl (C=O) groups is 2. The Kier molecular flexibility index (Phi) is 4.24. The molecule has 21 heavy (non-hydrogen) atoms. The van der Waals surface area contributed by atoms with Crippen LogP contribution in [0, 0.1) is 0 Å². The highest BCUT2D eigenvalue weighted by Gasteiger charge is 2.92. The molecule has 0 aromatic heterocycles. The number of alkyl halides is 10. The minimum absolute atomic E-state index is 4.07. The predicted octanol–water partition coefficient (Wildman–Crippen LogP) is 2.33. The van der Waals surface area contributed by atoms with Gasteiger partial charge in [0, 0.05) is 0 Å². The second-order valence-corrected chi connectivity index (χ2v) is 3.49. The van der Waals surface area contributed by atoms with Crippen LogP contribution in [0.5, 0.6) is 0 Å². The van der Waals surface area contributed by atoms with Crippen molar-refractivity contribution in [3.05, 3.63) is 0 Å². The topological polar surface area (TPSA) is 74.6 Å². The SMILES string of the molecule is O=C(O)C(F)(F)C(F)(F)C(F)(C(F)(F)F)C(F)(F)C(=O)O. The molecule has 0 aliphatic heterocycles. The molecule has 0 bridgehead atoms. The first kappa shape index (κ1) is 19.2. The highest BCUT2D eigenvalue weighted by atomic mass is 19.4. The van der Waals surface area contributed by atoms with E-state index < -0.39 is 41.6 Å². The van der Waals surface area contributed by atoms with Crippen molar-refractivity contribution >= 4 is 11.9 Å². The van der Waals surface area contributed by atoms with E-state index in [4.69, 9.17) is 10.2 Å². The lowest BCUT2D eigenvalue weighted by molar-refractivity contribution is -0.391. The van der Waals surface area contributed by atoms with Crippen molar-refractivity contribution in [1.29, 1.82) is 0 Å². The van der Waals surface area contributed by atoms with E-state index in [9.17, 15) is 53.5 Å². The first-order valence-corrected chi connectivity index (χ1v) is 4.25. The summed E-state index contributed by atoms with van der Waals surface area (Å²) < 4.78 is 126. The Labute approximate surface area is 106 Å². The third-order valence-corrected chi connectivity index (χ3v) is 2.19. The molecule has 0 saturated carbocycles. The molecular formula is C7H2F10O4. The van der Waals surface area contributed by atoms with Gasteiger partial charge < -0.3 is 10.2 Å². The molecule has 0 radical (unpaired) electrons. The fourth-order valence-corrected chi connectivity index (χ4v) is 1.05. The largest absolute Gasteiger partial charge is 0.477 e. The zero-order valence-electron chi connectivity index (χ0n) is 8.99. The van der Waals surface area contributed by atoms with E-state index in [2.05, 4.69) is 0 Å². The van der Waals surface area contributed by atoms with Crippen LogP contribution >= 0.6 is 0 Å². The Morgan fingerprint density at radius 2 is 0.905 bits per heavy atom. The molecule has 0 aromatic carbocycles. The number of halogens is 10. The Morgan fingerprint density at radius 1 is 0.619 bits per heavy atom. The average Bonchev–Trinajstić information content (AvgIpc) is 2.24. The summed E-state index contributed by atoms with van der Waals surface area (Å²) >= 11 is 0. The van der Waals surface area contributed by atoms with E-state index in [1.54, 1.807) is 0 Å². The molecule has 1 atom stereocenters. The van der Waals surface area contributed by atoms with Crippen LogP contribution in [0.4, 0.5) is 43.9 Å². The number of hydrogen-bond acceptors (Lipinski definition) is 2. The van der Waals surface area contributed by atoms with Crippen molar-refractivity contribution in [2.45, 2.75) is 29.6 Å². The number of carboxylic acid groups (broad SMARTS) is 2. The number of rotatable bonds is 5. The lowest BCUT2D eigenvalue weighted by Crippen LogP contribution is -2.74. The van der Waals surface area contributed by atoms with Crippen LogP contribution in [0.15, 0.2) is 0 Å². The van der Waals surface area contributed by atoms with Crippen LogP contribution < -0.4 is 0 Å². The molecule has 0 aromatic rings. The van der Waals surface area contributed by atoms with Gasteiger partial charge in [0.15, 0.2) is 0 Å². The average molecular weight is 340 g/mol. The number of carboxylic acids is 2. The van der Waals surface area contributed by atoms with Crippen molar-refractivity contribution in [3.8, 4) is 0 Å². The van der Waals surface area contributed by atoms with Gasteiger partial charge >= 0.3 is 41.6 Å². The molecule has 0 aliphatic rings. The summed E-state index contributed by atoms with van der Waals surface area (Å²) in [7, 11) is 0. The Balaban J connectivity index is 6.62. The molecule has 0 saturated heterocycles.